The Morgan fingerprint density at radius 1 is 0.977 bits per heavy atom. The van der Waals surface area contributed by atoms with Gasteiger partial charge in [0, 0.05) is 54.9 Å². The average Bonchev–Trinajstić information content (AvgIpc) is 3.30. The molecule has 0 spiro atoms. The zero-order chi connectivity index (χ0) is 30.7. The van der Waals surface area contributed by atoms with Crippen molar-refractivity contribution >= 4 is 23.6 Å². The van der Waals surface area contributed by atoms with E-state index in [9.17, 15) is 15.1 Å². The van der Waals surface area contributed by atoms with E-state index < -0.39 is 11.7 Å². The van der Waals surface area contributed by atoms with E-state index in [2.05, 4.69) is 44.5 Å². The van der Waals surface area contributed by atoms with Gasteiger partial charge in [-0.25, -0.2) is 9.59 Å². The van der Waals surface area contributed by atoms with E-state index in [0.717, 1.165) is 33.5 Å². The summed E-state index contributed by atoms with van der Waals surface area (Å²) in [5.74, 6) is -0.0261. The average molecular weight is 583 g/mol. The number of piperazine rings is 1. The monoisotopic (exact) mass is 582 g/mol. The number of carbonyl (C=O) groups is 2. The summed E-state index contributed by atoms with van der Waals surface area (Å²) in [4.78, 5) is 32.4. The first kappa shape index (κ1) is 29.8. The van der Waals surface area contributed by atoms with Crippen molar-refractivity contribution in [2.75, 3.05) is 37.7 Å². The number of hydrogen-bond acceptors (Lipinski definition) is 6. The topological polar surface area (TPSA) is 120 Å². The Morgan fingerprint density at radius 2 is 1.58 bits per heavy atom. The second kappa shape index (κ2) is 12.3. The fourth-order valence-electron chi connectivity index (χ4n) is 5.92. The summed E-state index contributed by atoms with van der Waals surface area (Å²) in [7, 11) is 0. The fraction of sp³-hybridized carbons (Fsp3) is 0.394. The van der Waals surface area contributed by atoms with E-state index in [1.165, 1.54) is 11.1 Å². The van der Waals surface area contributed by atoms with E-state index in [4.69, 9.17) is 9.47 Å². The molecule has 0 atom stereocenters. The molecule has 3 aromatic carbocycles. The molecule has 0 radical (unpaired) electrons. The molecule has 10 heteroatoms. The van der Waals surface area contributed by atoms with Gasteiger partial charge < -0.3 is 24.6 Å². The van der Waals surface area contributed by atoms with Crippen molar-refractivity contribution in [3.05, 3.63) is 92.9 Å². The highest BCUT2D eigenvalue weighted by Gasteiger charge is 2.30. The van der Waals surface area contributed by atoms with Crippen molar-refractivity contribution in [2.45, 2.75) is 52.7 Å². The first-order valence-corrected chi connectivity index (χ1v) is 14.6. The van der Waals surface area contributed by atoms with Crippen molar-refractivity contribution in [3.8, 4) is 11.1 Å². The van der Waals surface area contributed by atoms with Gasteiger partial charge >= 0.3 is 12.2 Å². The number of hydrogen-bond donors (Lipinski definition) is 1. The second-order valence-corrected chi connectivity index (χ2v) is 12.0. The van der Waals surface area contributed by atoms with Crippen LogP contribution < -0.4 is 10.2 Å². The third-order valence-electron chi connectivity index (χ3n) is 8.07. The highest BCUT2D eigenvalue weighted by Crippen LogP contribution is 2.44. The summed E-state index contributed by atoms with van der Waals surface area (Å²) in [6.45, 7) is 12.0. The summed E-state index contributed by atoms with van der Waals surface area (Å²) < 4.78 is 11.3. The number of nitrogens with zero attached hydrogens (tertiary/aromatic N) is 5. The van der Waals surface area contributed by atoms with E-state index in [1.807, 2.05) is 65.0 Å². The SMILES string of the molecule is Cc1c(CNC(=O)OCC2c3ccccc3-c3ccccc32)cc(N2CCN(C(=O)OC(C)(C)C)CC2)c(C)c1N=[N+]=[N-]. The number of amides is 2. The van der Waals surface area contributed by atoms with Crippen LogP contribution in [0, 0.1) is 13.8 Å². The predicted octanol–water partition coefficient (Wildman–Crippen LogP) is 7.34. The Balaban J connectivity index is 1.26. The molecule has 0 unspecified atom stereocenters. The molecule has 1 saturated heterocycles. The van der Waals surface area contributed by atoms with E-state index in [1.54, 1.807) is 4.90 Å². The highest BCUT2D eigenvalue weighted by molar-refractivity contribution is 5.79. The quantitative estimate of drug-likeness (QED) is 0.185. The third-order valence-corrected chi connectivity index (χ3v) is 8.07. The molecule has 43 heavy (non-hydrogen) atoms. The summed E-state index contributed by atoms with van der Waals surface area (Å²) in [6, 6.07) is 18.5. The Morgan fingerprint density at radius 3 is 2.16 bits per heavy atom. The highest BCUT2D eigenvalue weighted by atomic mass is 16.6. The number of alkyl carbamates (subject to hydrolysis) is 1. The Kier molecular flexibility index (Phi) is 8.50. The van der Waals surface area contributed by atoms with Crippen LogP contribution in [0.25, 0.3) is 21.6 Å². The molecule has 10 nitrogen and oxygen atoms in total. The van der Waals surface area contributed by atoms with E-state index >= 15 is 0 Å². The van der Waals surface area contributed by atoms with Gasteiger partial charge in [-0.3, -0.25) is 0 Å². The zero-order valence-electron chi connectivity index (χ0n) is 25.4. The molecule has 3 aromatic rings. The van der Waals surface area contributed by atoms with Crippen molar-refractivity contribution in [3.63, 3.8) is 0 Å². The molecule has 0 aromatic heterocycles. The summed E-state index contributed by atoms with van der Waals surface area (Å²) in [5.41, 5.74) is 17.3. The first-order valence-electron chi connectivity index (χ1n) is 14.6. The number of nitrogens with one attached hydrogen (secondary N) is 1. The molecule has 5 rings (SSSR count). The Labute approximate surface area is 252 Å². The van der Waals surface area contributed by atoms with Crippen LogP contribution in [-0.4, -0.2) is 55.5 Å². The van der Waals surface area contributed by atoms with Gasteiger partial charge in [0.1, 0.15) is 12.2 Å². The lowest BCUT2D eigenvalue weighted by Gasteiger charge is -2.38. The van der Waals surface area contributed by atoms with Gasteiger partial charge in [-0.1, -0.05) is 53.6 Å². The standard InChI is InChI=1S/C33H38N6O4/c1-21-23(19-35-31(40)42-20-28-26-12-8-6-10-24(26)25-11-7-9-13-27(25)28)18-29(22(2)30(21)36-37-34)38-14-16-39(17-15-38)32(41)43-33(3,4)5/h6-13,18,28H,14-17,19-20H2,1-5H3,(H,35,40). The number of fused-ring (bicyclic) bond motifs is 3. The van der Waals surface area contributed by atoms with E-state index in [-0.39, 0.29) is 25.2 Å². The lowest BCUT2D eigenvalue weighted by Crippen LogP contribution is -2.50. The number of azide groups is 1. The van der Waals surface area contributed by atoms with Crippen LogP contribution in [0.3, 0.4) is 0 Å². The van der Waals surface area contributed by atoms with Crippen LogP contribution in [0.5, 0.6) is 0 Å². The van der Waals surface area contributed by atoms with Crippen molar-refractivity contribution in [2.24, 2.45) is 5.11 Å². The summed E-state index contributed by atoms with van der Waals surface area (Å²) in [6.07, 6.45) is -0.838. The zero-order valence-corrected chi connectivity index (χ0v) is 25.4. The van der Waals surface area contributed by atoms with Gasteiger partial charge in [0.15, 0.2) is 0 Å². The molecule has 2 aliphatic rings. The summed E-state index contributed by atoms with van der Waals surface area (Å²) in [5, 5.41) is 6.88. The molecule has 224 valence electrons. The van der Waals surface area contributed by atoms with Gasteiger partial charge in [0.25, 0.3) is 0 Å². The van der Waals surface area contributed by atoms with Crippen LogP contribution in [0.4, 0.5) is 21.0 Å². The number of carbonyl (C=O) groups excluding carboxylic acids is 2. The number of benzene rings is 3. The minimum absolute atomic E-state index is 0.0261. The molecular weight excluding hydrogens is 544 g/mol. The molecule has 1 fully saturated rings. The molecule has 1 aliphatic heterocycles. The van der Waals surface area contributed by atoms with E-state index in [0.29, 0.717) is 31.9 Å². The minimum atomic E-state index is -0.554. The van der Waals surface area contributed by atoms with Crippen molar-refractivity contribution in [1.29, 1.82) is 0 Å². The molecule has 1 heterocycles. The summed E-state index contributed by atoms with van der Waals surface area (Å²) >= 11 is 0. The van der Waals surface area contributed by atoms with Gasteiger partial charge in [-0.05, 0) is 85.2 Å². The number of anilines is 1. The minimum Gasteiger partial charge on any atom is -0.449 e. The maximum Gasteiger partial charge on any atom is 0.410 e. The Bertz CT molecular complexity index is 1540. The van der Waals surface area contributed by atoms with Crippen LogP contribution in [-0.2, 0) is 16.0 Å². The third kappa shape index (κ3) is 6.39. The maximum absolute atomic E-state index is 12.9. The molecule has 0 bridgehead atoms. The lowest BCUT2D eigenvalue weighted by molar-refractivity contribution is 0.0240. The molecular formula is C33H38N6O4. The molecule has 1 aliphatic carbocycles. The normalized spacial score (nSPS) is 14.4. The van der Waals surface area contributed by atoms with Crippen LogP contribution in [0.15, 0.2) is 59.7 Å². The number of ether oxygens (including phenoxy) is 2. The van der Waals surface area contributed by atoms with Gasteiger partial charge in [-0.15, -0.1) is 0 Å². The van der Waals surface area contributed by atoms with Crippen molar-refractivity contribution < 1.29 is 19.1 Å². The molecule has 1 N–H and O–H groups in total. The van der Waals surface area contributed by atoms with Crippen LogP contribution >= 0.6 is 0 Å². The van der Waals surface area contributed by atoms with Gasteiger partial charge in [-0.2, -0.15) is 0 Å². The largest absolute Gasteiger partial charge is 0.449 e. The van der Waals surface area contributed by atoms with Gasteiger partial charge in [0.05, 0.1) is 0 Å². The Hall–Kier alpha value is -4.69. The van der Waals surface area contributed by atoms with Crippen molar-refractivity contribution in [1.82, 2.24) is 10.2 Å². The van der Waals surface area contributed by atoms with Crippen LogP contribution in [0.2, 0.25) is 0 Å². The second-order valence-electron chi connectivity index (χ2n) is 12.0. The fourth-order valence-corrected chi connectivity index (χ4v) is 5.92. The maximum atomic E-state index is 12.9. The van der Waals surface area contributed by atoms with Crippen LogP contribution in [0.1, 0.15) is 54.5 Å². The molecule has 2 amide bonds. The lowest BCUT2D eigenvalue weighted by atomic mass is 9.98. The predicted molar refractivity (Wildman–Crippen MR) is 167 cm³/mol. The molecule has 0 saturated carbocycles. The first-order chi connectivity index (χ1) is 20.6. The smallest absolute Gasteiger partial charge is 0.410 e. The number of rotatable bonds is 6. The van der Waals surface area contributed by atoms with Gasteiger partial charge in [0.2, 0.25) is 0 Å².